The van der Waals surface area contributed by atoms with Crippen molar-refractivity contribution in [3.8, 4) is 5.75 Å². The number of benzene rings is 1. The number of rotatable bonds is 7. The highest BCUT2D eigenvalue weighted by Crippen LogP contribution is 2.14. The molecule has 0 saturated carbocycles. The quantitative estimate of drug-likeness (QED) is 0.750. The van der Waals surface area contributed by atoms with E-state index in [9.17, 15) is 4.79 Å². The largest absolute Gasteiger partial charge is 0.494 e. The van der Waals surface area contributed by atoms with Gasteiger partial charge in [-0.15, -0.1) is 0 Å². The number of carbonyl (C=O) groups excluding carboxylic acids is 1. The zero-order valence-electron chi connectivity index (χ0n) is 16.6. The number of amides is 1. The third kappa shape index (κ3) is 5.32. The van der Waals surface area contributed by atoms with E-state index in [1.165, 1.54) is 5.69 Å². The molecule has 1 aliphatic heterocycles. The molecule has 27 heavy (non-hydrogen) atoms. The summed E-state index contributed by atoms with van der Waals surface area (Å²) in [5.41, 5.74) is 3.31. The van der Waals surface area contributed by atoms with E-state index in [1.807, 2.05) is 43.0 Å². The molecule has 0 spiro atoms. The lowest BCUT2D eigenvalue weighted by Gasteiger charge is -2.34. The van der Waals surface area contributed by atoms with E-state index >= 15 is 0 Å². The Morgan fingerprint density at radius 3 is 2.37 bits per heavy atom. The molecule has 1 aromatic carbocycles. The van der Waals surface area contributed by atoms with Gasteiger partial charge in [0, 0.05) is 38.4 Å². The van der Waals surface area contributed by atoms with Crippen LogP contribution in [0.2, 0.25) is 0 Å². The van der Waals surface area contributed by atoms with Gasteiger partial charge in [-0.25, -0.2) is 0 Å². The zero-order valence-corrected chi connectivity index (χ0v) is 16.6. The van der Waals surface area contributed by atoms with E-state index in [4.69, 9.17) is 4.74 Å². The molecule has 1 saturated heterocycles. The Labute approximate surface area is 161 Å². The lowest BCUT2D eigenvalue weighted by molar-refractivity contribution is -0.132. The molecule has 1 amide bonds. The van der Waals surface area contributed by atoms with E-state index in [0.29, 0.717) is 13.0 Å². The van der Waals surface area contributed by atoms with E-state index < -0.39 is 0 Å². The number of hydrogen-bond acceptors (Lipinski definition) is 4. The first-order chi connectivity index (χ1) is 13.0. The molecule has 0 aliphatic carbocycles. The number of aromatic nitrogens is 2. The van der Waals surface area contributed by atoms with Crippen LogP contribution >= 0.6 is 0 Å². The summed E-state index contributed by atoms with van der Waals surface area (Å²) in [5, 5.41) is 4.52. The van der Waals surface area contributed by atoms with Gasteiger partial charge in [-0.1, -0.05) is 12.1 Å². The van der Waals surface area contributed by atoms with Gasteiger partial charge < -0.3 is 9.64 Å². The van der Waals surface area contributed by atoms with E-state index in [0.717, 1.165) is 56.3 Å². The fourth-order valence-corrected chi connectivity index (χ4v) is 3.51. The van der Waals surface area contributed by atoms with Crippen molar-refractivity contribution in [2.45, 2.75) is 33.7 Å². The fourth-order valence-electron chi connectivity index (χ4n) is 3.51. The molecule has 0 N–H and O–H groups in total. The van der Waals surface area contributed by atoms with Crippen molar-refractivity contribution in [1.82, 2.24) is 19.6 Å². The molecular weight excluding hydrogens is 340 g/mol. The van der Waals surface area contributed by atoms with Gasteiger partial charge in [0.15, 0.2) is 0 Å². The molecule has 0 bridgehead atoms. The van der Waals surface area contributed by atoms with Crippen molar-refractivity contribution < 1.29 is 9.53 Å². The molecule has 1 aromatic heterocycles. The average molecular weight is 370 g/mol. The molecule has 146 valence electrons. The van der Waals surface area contributed by atoms with Gasteiger partial charge in [-0.2, -0.15) is 5.10 Å². The number of aryl methyl sites for hydroxylation is 2. The van der Waals surface area contributed by atoms with E-state index in [2.05, 4.69) is 27.7 Å². The van der Waals surface area contributed by atoms with Crippen molar-refractivity contribution in [1.29, 1.82) is 0 Å². The van der Waals surface area contributed by atoms with E-state index in [-0.39, 0.29) is 5.91 Å². The third-order valence-corrected chi connectivity index (χ3v) is 5.05. The molecule has 0 unspecified atom stereocenters. The first kappa shape index (κ1) is 19.4. The summed E-state index contributed by atoms with van der Waals surface area (Å²) in [6, 6.07) is 9.94. The van der Waals surface area contributed by atoms with Crippen molar-refractivity contribution in [3.63, 3.8) is 0 Å². The maximum Gasteiger partial charge on any atom is 0.227 e. The molecule has 1 aliphatic rings. The second-order valence-electron chi connectivity index (χ2n) is 7.13. The van der Waals surface area contributed by atoms with Gasteiger partial charge in [-0.3, -0.25) is 14.4 Å². The highest BCUT2D eigenvalue weighted by atomic mass is 16.5. The lowest BCUT2D eigenvalue weighted by Crippen LogP contribution is -2.49. The normalized spacial score (nSPS) is 15.1. The van der Waals surface area contributed by atoms with Gasteiger partial charge in [-0.05, 0) is 44.5 Å². The predicted molar refractivity (Wildman–Crippen MR) is 106 cm³/mol. The number of piperazine rings is 1. The maximum absolute atomic E-state index is 12.6. The zero-order chi connectivity index (χ0) is 19.2. The molecule has 3 rings (SSSR count). The Morgan fingerprint density at radius 1 is 1.07 bits per heavy atom. The summed E-state index contributed by atoms with van der Waals surface area (Å²) in [4.78, 5) is 17.0. The number of carbonyl (C=O) groups is 1. The molecule has 0 atom stereocenters. The molecule has 2 aromatic rings. The monoisotopic (exact) mass is 370 g/mol. The number of ether oxygens (including phenoxy) is 1. The molecule has 0 radical (unpaired) electrons. The molecule has 2 heterocycles. The lowest BCUT2D eigenvalue weighted by atomic mass is 10.1. The second kappa shape index (κ2) is 9.04. The van der Waals surface area contributed by atoms with Crippen molar-refractivity contribution in [2.75, 3.05) is 39.3 Å². The third-order valence-electron chi connectivity index (χ3n) is 5.05. The Kier molecular flexibility index (Phi) is 6.50. The topological polar surface area (TPSA) is 50.6 Å². The van der Waals surface area contributed by atoms with E-state index in [1.54, 1.807) is 0 Å². The van der Waals surface area contributed by atoms with Crippen molar-refractivity contribution in [2.24, 2.45) is 0 Å². The van der Waals surface area contributed by atoms with Crippen LogP contribution < -0.4 is 4.74 Å². The van der Waals surface area contributed by atoms with Crippen molar-refractivity contribution >= 4 is 5.91 Å². The summed E-state index contributed by atoms with van der Waals surface area (Å²) in [6.45, 7) is 12.1. The van der Waals surface area contributed by atoms with Crippen molar-refractivity contribution in [3.05, 3.63) is 47.3 Å². The Morgan fingerprint density at radius 2 is 1.78 bits per heavy atom. The minimum absolute atomic E-state index is 0.206. The van der Waals surface area contributed by atoms with Gasteiger partial charge in [0.25, 0.3) is 0 Å². The smallest absolute Gasteiger partial charge is 0.227 e. The van der Waals surface area contributed by atoms with Gasteiger partial charge in [0.2, 0.25) is 5.91 Å². The highest BCUT2D eigenvalue weighted by molar-refractivity contribution is 5.78. The first-order valence-electron chi connectivity index (χ1n) is 9.78. The van der Waals surface area contributed by atoms with Crippen LogP contribution in [0.15, 0.2) is 30.3 Å². The maximum atomic E-state index is 12.6. The Hall–Kier alpha value is -2.34. The molecule has 1 fully saturated rings. The highest BCUT2D eigenvalue weighted by Gasteiger charge is 2.21. The van der Waals surface area contributed by atoms with Crippen LogP contribution in [0.5, 0.6) is 5.75 Å². The summed E-state index contributed by atoms with van der Waals surface area (Å²) < 4.78 is 7.52. The molecule has 6 heteroatoms. The average Bonchev–Trinajstić information content (AvgIpc) is 2.99. The summed E-state index contributed by atoms with van der Waals surface area (Å²) in [7, 11) is 0. The van der Waals surface area contributed by atoms with Crippen LogP contribution in [0.25, 0.3) is 0 Å². The fraction of sp³-hybridized carbons (Fsp3) is 0.524. The minimum atomic E-state index is 0.206. The first-order valence-corrected chi connectivity index (χ1v) is 9.78. The summed E-state index contributed by atoms with van der Waals surface area (Å²) >= 11 is 0. The van der Waals surface area contributed by atoms with Crippen LogP contribution in [-0.2, 0) is 17.8 Å². The van der Waals surface area contributed by atoms with Gasteiger partial charge in [0.1, 0.15) is 5.75 Å². The molecule has 6 nitrogen and oxygen atoms in total. The van der Waals surface area contributed by atoms with Crippen LogP contribution in [-0.4, -0.2) is 64.8 Å². The van der Waals surface area contributed by atoms with Crippen LogP contribution in [0, 0.1) is 13.8 Å². The number of hydrogen-bond donors (Lipinski definition) is 0. The van der Waals surface area contributed by atoms with Gasteiger partial charge >= 0.3 is 0 Å². The van der Waals surface area contributed by atoms with Crippen LogP contribution in [0.4, 0.5) is 0 Å². The Balaban J connectivity index is 1.42. The minimum Gasteiger partial charge on any atom is -0.494 e. The van der Waals surface area contributed by atoms with Crippen LogP contribution in [0.1, 0.15) is 23.9 Å². The summed E-state index contributed by atoms with van der Waals surface area (Å²) in [5.74, 6) is 1.06. The standard InChI is InChI=1S/C21H30N4O2/c1-4-27-20-7-5-19(6-8-20)16-21(26)24-12-9-23(10-13-24)11-14-25-18(3)15-17(2)22-25/h5-8,15H,4,9-14,16H2,1-3H3. The van der Waals surface area contributed by atoms with Gasteiger partial charge in [0.05, 0.1) is 25.3 Å². The summed E-state index contributed by atoms with van der Waals surface area (Å²) in [6.07, 6.45) is 0.457. The number of nitrogens with zero attached hydrogens (tertiary/aromatic N) is 4. The molecular formula is C21H30N4O2. The predicted octanol–water partition coefficient (Wildman–Crippen LogP) is 2.29. The second-order valence-corrected chi connectivity index (χ2v) is 7.13. The van der Waals surface area contributed by atoms with Crippen LogP contribution in [0.3, 0.4) is 0 Å². The SMILES string of the molecule is CCOc1ccc(CC(=O)N2CCN(CCn3nc(C)cc3C)CC2)cc1. The Bertz CT molecular complexity index is 746.